The van der Waals surface area contributed by atoms with E-state index >= 15 is 0 Å². The van der Waals surface area contributed by atoms with Crippen LogP contribution in [0.1, 0.15) is 30.1 Å². The Kier molecular flexibility index (Phi) is 5.61. The Balaban J connectivity index is 2.22. The second-order valence-electron chi connectivity index (χ2n) is 4.90. The molecule has 5 heteroatoms. The van der Waals surface area contributed by atoms with Gasteiger partial charge >= 0.3 is 5.97 Å². The molecule has 1 saturated heterocycles. The van der Waals surface area contributed by atoms with Gasteiger partial charge in [-0.25, -0.2) is 0 Å². The highest BCUT2D eigenvalue weighted by Crippen LogP contribution is 2.35. The van der Waals surface area contributed by atoms with E-state index in [1.807, 2.05) is 24.5 Å². The van der Waals surface area contributed by atoms with Gasteiger partial charge in [-0.15, -0.1) is 11.8 Å². The van der Waals surface area contributed by atoms with Crippen LogP contribution in [0.4, 0.5) is 5.69 Å². The predicted octanol–water partition coefficient (Wildman–Crippen LogP) is 3.91. The van der Waals surface area contributed by atoms with Gasteiger partial charge in [-0.1, -0.05) is 17.7 Å². The number of methoxy groups -OCH3 is 1. The molecule has 0 aliphatic carbocycles. The molecule has 0 amide bonds. The second-order valence-corrected chi connectivity index (χ2v) is 6.25. The predicted molar refractivity (Wildman–Crippen MR) is 85.8 cm³/mol. The Morgan fingerprint density at radius 2 is 2.05 bits per heavy atom. The molecule has 0 radical (unpaired) electrons. The van der Waals surface area contributed by atoms with Crippen LogP contribution in [0.25, 0.3) is 0 Å². The van der Waals surface area contributed by atoms with E-state index in [1.54, 1.807) is 0 Å². The summed E-state index contributed by atoms with van der Waals surface area (Å²) in [6.07, 6.45) is 5.62. The third-order valence-electron chi connectivity index (χ3n) is 3.62. The summed E-state index contributed by atoms with van der Waals surface area (Å²) < 4.78 is 4.83. The summed E-state index contributed by atoms with van der Waals surface area (Å²) >= 11 is 7.87. The Morgan fingerprint density at radius 1 is 1.35 bits per heavy atom. The van der Waals surface area contributed by atoms with Gasteiger partial charge in [0.2, 0.25) is 0 Å². The fourth-order valence-electron chi connectivity index (χ4n) is 2.55. The van der Waals surface area contributed by atoms with Crippen LogP contribution in [-0.4, -0.2) is 32.4 Å². The number of esters is 1. The summed E-state index contributed by atoms with van der Waals surface area (Å²) in [6.45, 7) is 2.12. The first-order valence-corrected chi connectivity index (χ1v) is 8.49. The van der Waals surface area contributed by atoms with Gasteiger partial charge in [0.1, 0.15) is 5.25 Å². The molecule has 2 rings (SSSR count). The highest BCUT2D eigenvalue weighted by Gasteiger charge is 2.22. The van der Waals surface area contributed by atoms with Crippen LogP contribution in [0.15, 0.2) is 18.2 Å². The third kappa shape index (κ3) is 3.41. The van der Waals surface area contributed by atoms with Crippen molar-refractivity contribution in [3.63, 3.8) is 0 Å². The highest BCUT2D eigenvalue weighted by atomic mass is 35.5. The molecule has 1 aromatic rings. The van der Waals surface area contributed by atoms with Crippen molar-refractivity contribution >= 4 is 35.0 Å². The molecule has 1 atom stereocenters. The number of thioether (sulfide) groups is 1. The van der Waals surface area contributed by atoms with Crippen molar-refractivity contribution < 1.29 is 9.53 Å². The summed E-state index contributed by atoms with van der Waals surface area (Å²) in [5.41, 5.74) is 1.97. The first-order chi connectivity index (χ1) is 9.67. The molecule has 0 aromatic heterocycles. The maximum atomic E-state index is 11.7. The number of anilines is 1. The van der Waals surface area contributed by atoms with Crippen LogP contribution < -0.4 is 4.90 Å². The number of carbonyl (C=O) groups excluding carboxylic acids is 1. The lowest BCUT2D eigenvalue weighted by atomic mass is 10.1. The van der Waals surface area contributed by atoms with Crippen LogP contribution in [0.5, 0.6) is 0 Å². The van der Waals surface area contributed by atoms with Crippen LogP contribution in [-0.2, 0) is 9.53 Å². The van der Waals surface area contributed by atoms with Crippen LogP contribution in [0, 0.1) is 0 Å². The van der Waals surface area contributed by atoms with E-state index in [9.17, 15) is 4.79 Å². The number of halogens is 1. The molecule has 0 saturated carbocycles. The van der Waals surface area contributed by atoms with Gasteiger partial charge in [0.25, 0.3) is 0 Å². The van der Waals surface area contributed by atoms with Crippen molar-refractivity contribution in [2.24, 2.45) is 0 Å². The molecule has 20 heavy (non-hydrogen) atoms. The van der Waals surface area contributed by atoms with Crippen LogP contribution >= 0.6 is 23.4 Å². The molecule has 1 heterocycles. The van der Waals surface area contributed by atoms with Crippen molar-refractivity contribution in [3.05, 3.63) is 28.8 Å². The molecule has 0 bridgehead atoms. The zero-order valence-corrected chi connectivity index (χ0v) is 13.5. The molecule has 1 unspecified atom stereocenters. The van der Waals surface area contributed by atoms with Gasteiger partial charge in [-0.05, 0) is 43.2 Å². The molecule has 1 aliphatic heterocycles. The second kappa shape index (κ2) is 7.23. The van der Waals surface area contributed by atoms with Crippen molar-refractivity contribution in [1.29, 1.82) is 0 Å². The Labute approximate surface area is 129 Å². The lowest BCUT2D eigenvalue weighted by Gasteiger charge is -2.30. The lowest BCUT2D eigenvalue weighted by molar-refractivity contribution is -0.140. The van der Waals surface area contributed by atoms with Crippen LogP contribution in [0.3, 0.4) is 0 Å². The average molecular weight is 314 g/mol. The number of carbonyl (C=O) groups is 1. The molecule has 1 fully saturated rings. The van der Waals surface area contributed by atoms with E-state index in [0.717, 1.165) is 24.3 Å². The zero-order valence-electron chi connectivity index (χ0n) is 11.9. The molecular weight excluding hydrogens is 294 g/mol. The summed E-state index contributed by atoms with van der Waals surface area (Å²) in [5, 5.41) is 0.403. The molecule has 1 aliphatic rings. The first kappa shape index (κ1) is 15.5. The summed E-state index contributed by atoms with van der Waals surface area (Å²) in [5.74, 6) is -0.237. The molecule has 0 N–H and O–H groups in total. The summed E-state index contributed by atoms with van der Waals surface area (Å²) in [7, 11) is 1.41. The molecule has 0 spiro atoms. The van der Waals surface area contributed by atoms with Crippen molar-refractivity contribution in [2.45, 2.75) is 24.5 Å². The van der Waals surface area contributed by atoms with E-state index in [4.69, 9.17) is 16.3 Å². The largest absolute Gasteiger partial charge is 0.468 e. The fourth-order valence-corrected chi connectivity index (χ4v) is 3.57. The maximum absolute atomic E-state index is 11.7. The number of hydrogen-bond acceptors (Lipinski definition) is 4. The molecule has 3 nitrogen and oxygen atoms in total. The number of rotatable bonds is 4. The first-order valence-electron chi connectivity index (χ1n) is 6.82. The van der Waals surface area contributed by atoms with Crippen molar-refractivity contribution in [2.75, 3.05) is 31.4 Å². The van der Waals surface area contributed by atoms with Crippen molar-refractivity contribution in [3.8, 4) is 0 Å². The van der Waals surface area contributed by atoms with E-state index in [0.29, 0.717) is 5.02 Å². The van der Waals surface area contributed by atoms with Crippen LogP contribution in [0.2, 0.25) is 5.02 Å². The van der Waals surface area contributed by atoms with E-state index in [2.05, 4.69) is 4.90 Å². The molecule has 1 aromatic carbocycles. The number of hydrogen-bond donors (Lipinski definition) is 0. The topological polar surface area (TPSA) is 29.5 Å². The van der Waals surface area contributed by atoms with Gasteiger partial charge in [-0.2, -0.15) is 0 Å². The monoisotopic (exact) mass is 313 g/mol. The van der Waals surface area contributed by atoms with Gasteiger partial charge in [0.15, 0.2) is 0 Å². The summed E-state index contributed by atoms with van der Waals surface area (Å²) in [6, 6.07) is 5.90. The fraction of sp³-hybridized carbons (Fsp3) is 0.533. The summed E-state index contributed by atoms with van der Waals surface area (Å²) in [4.78, 5) is 14.1. The van der Waals surface area contributed by atoms with E-state index in [-0.39, 0.29) is 11.2 Å². The Bertz CT molecular complexity index is 475. The SMILES string of the molecule is COC(=O)C(SC)c1ccc(N2CCCCC2)c(Cl)c1. The minimum atomic E-state index is -0.312. The third-order valence-corrected chi connectivity index (χ3v) is 4.86. The number of benzene rings is 1. The Hall–Kier alpha value is -0.870. The smallest absolute Gasteiger partial charge is 0.323 e. The number of piperidine rings is 1. The lowest BCUT2D eigenvalue weighted by Crippen LogP contribution is -2.29. The Morgan fingerprint density at radius 3 is 2.60 bits per heavy atom. The molecule has 110 valence electrons. The number of ether oxygens (including phenoxy) is 1. The van der Waals surface area contributed by atoms with Crippen molar-refractivity contribution in [1.82, 2.24) is 0 Å². The zero-order chi connectivity index (χ0) is 14.5. The standard InChI is InChI=1S/C15H20ClNO2S/c1-19-15(18)14(20-2)11-6-7-13(12(16)10-11)17-8-4-3-5-9-17/h6-7,10,14H,3-5,8-9H2,1-2H3. The van der Waals surface area contributed by atoms with Gasteiger partial charge < -0.3 is 9.64 Å². The number of nitrogens with zero attached hydrogens (tertiary/aromatic N) is 1. The minimum absolute atomic E-state index is 0.237. The minimum Gasteiger partial charge on any atom is -0.468 e. The normalized spacial score (nSPS) is 16.9. The van der Waals surface area contributed by atoms with Gasteiger partial charge in [0.05, 0.1) is 17.8 Å². The molecular formula is C15H20ClNO2S. The highest BCUT2D eigenvalue weighted by molar-refractivity contribution is 7.99. The average Bonchev–Trinajstić information content (AvgIpc) is 2.49. The van der Waals surface area contributed by atoms with Gasteiger partial charge in [-0.3, -0.25) is 4.79 Å². The van der Waals surface area contributed by atoms with E-state index < -0.39 is 0 Å². The van der Waals surface area contributed by atoms with E-state index in [1.165, 1.54) is 38.1 Å². The van der Waals surface area contributed by atoms with Gasteiger partial charge in [0, 0.05) is 13.1 Å². The maximum Gasteiger partial charge on any atom is 0.323 e. The quantitative estimate of drug-likeness (QED) is 0.788.